The summed E-state index contributed by atoms with van der Waals surface area (Å²) in [6.45, 7) is 10.3. The Labute approximate surface area is 116 Å². The molecule has 19 heavy (non-hydrogen) atoms. The number of hydrogen-bond acceptors (Lipinski definition) is 3. The van der Waals surface area contributed by atoms with Gasteiger partial charge < -0.3 is 9.64 Å². The highest BCUT2D eigenvalue weighted by atomic mass is 16.5. The number of amides is 1. The van der Waals surface area contributed by atoms with Crippen molar-refractivity contribution in [2.45, 2.75) is 58.9 Å². The zero-order chi connectivity index (χ0) is 14.7. The first kappa shape index (κ1) is 17.7. The number of carbonyl (C=O) groups is 2. The van der Waals surface area contributed by atoms with E-state index in [-0.39, 0.29) is 24.3 Å². The molecular formula is C15H27NO3. The van der Waals surface area contributed by atoms with Crippen LogP contribution in [0.2, 0.25) is 0 Å². The van der Waals surface area contributed by atoms with Crippen molar-refractivity contribution in [3.63, 3.8) is 0 Å². The number of unbranched alkanes of at least 4 members (excludes halogenated alkanes) is 3. The quantitative estimate of drug-likeness (QED) is 0.348. The van der Waals surface area contributed by atoms with E-state index in [1.165, 1.54) is 18.9 Å². The Morgan fingerprint density at radius 2 is 1.95 bits per heavy atom. The minimum atomic E-state index is -0.237. The molecule has 110 valence electrons. The van der Waals surface area contributed by atoms with Gasteiger partial charge >= 0.3 is 5.97 Å². The van der Waals surface area contributed by atoms with Crippen LogP contribution in [0, 0.1) is 0 Å². The van der Waals surface area contributed by atoms with E-state index >= 15 is 0 Å². The van der Waals surface area contributed by atoms with Gasteiger partial charge in [0.2, 0.25) is 5.91 Å². The second kappa shape index (κ2) is 10.6. The maximum atomic E-state index is 11.6. The van der Waals surface area contributed by atoms with Gasteiger partial charge in [-0.2, -0.15) is 0 Å². The number of hydrogen-bond donors (Lipinski definition) is 0. The van der Waals surface area contributed by atoms with E-state index in [0.717, 1.165) is 12.8 Å². The molecule has 0 aromatic rings. The molecule has 0 radical (unpaired) electrons. The Bertz CT molecular complexity index is 287. The fourth-order valence-corrected chi connectivity index (χ4v) is 1.74. The Morgan fingerprint density at radius 1 is 1.26 bits per heavy atom. The Balaban J connectivity index is 3.86. The van der Waals surface area contributed by atoms with Crippen LogP contribution in [0.5, 0.6) is 0 Å². The maximum absolute atomic E-state index is 11.6. The van der Waals surface area contributed by atoms with Crippen LogP contribution < -0.4 is 0 Å². The molecule has 4 nitrogen and oxygen atoms in total. The lowest BCUT2D eigenvalue weighted by molar-refractivity contribution is -0.144. The molecule has 1 amide bonds. The first-order chi connectivity index (χ1) is 9.02. The van der Waals surface area contributed by atoms with Crippen molar-refractivity contribution in [2.75, 3.05) is 13.2 Å². The minimum Gasteiger partial charge on any atom is -0.466 e. The molecule has 0 bridgehead atoms. The summed E-state index contributed by atoms with van der Waals surface area (Å²) in [5, 5.41) is 0. The van der Waals surface area contributed by atoms with Crippen LogP contribution in [0.25, 0.3) is 0 Å². The van der Waals surface area contributed by atoms with Crippen LogP contribution in [0.3, 0.4) is 0 Å². The van der Waals surface area contributed by atoms with Crippen molar-refractivity contribution in [3.05, 3.63) is 12.7 Å². The van der Waals surface area contributed by atoms with Crippen LogP contribution in [0.1, 0.15) is 52.9 Å². The van der Waals surface area contributed by atoms with Gasteiger partial charge in [0.25, 0.3) is 0 Å². The Kier molecular flexibility index (Phi) is 9.85. The fourth-order valence-electron chi connectivity index (χ4n) is 1.74. The molecule has 0 saturated heterocycles. The lowest BCUT2D eigenvalue weighted by Crippen LogP contribution is -2.37. The largest absolute Gasteiger partial charge is 0.466 e. The highest BCUT2D eigenvalue weighted by Gasteiger charge is 2.15. The minimum absolute atomic E-state index is 0.0582. The van der Waals surface area contributed by atoms with E-state index in [9.17, 15) is 9.59 Å². The predicted molar refractivity (Wildman–Crippen MR) is 76.8 cm³/mol. The third kappa shape index (κ3) is 8.41. The van der Waals surface area contributed by atoms with Gasteiger partial charge in [-0.3, -0.25) is 9.59 Å². The first-order valence-corrected chi connectivity index (χ1v) is 7.11. The molecule has 0 atom stereocenters. The van der Waals surface area contributed by atoms with Crippen LogP contribution in [-0.4, -0.2) is 36.0 Å². The van der Waals surface area contributed by atoms with Gasteiger partial charge in [0, 0.05) is 12.6 Å². The van der Waals surface area contributed by atoms with E-state index in [2.05, 4.69) is 13.5 Å². The molecule has 0 aromatic carbocycles. The monoisotopic (exact) mass is 269 g/mol. The molecule has 0 aliphatic heterocycles. The van der Waals surface area contributed by atoms with Crippen molar-refractivity contribution in [1.29, 1.82) is 0 Å². The molecule has 0 saturated carbocycles. The molecular weight excluding hydrogens is 242 g/mol. The molecule has 0 rings (SSSR count). The van der Waals surface area contributed by atoms with E-state index in [4.69, 9.17) is 4.74 Å². The van der Waals surface area contributed by atoms with Gasteiger partial charge in [0.05, 0.1) is 13.0 Å². The van der Waals surface area contributed by atoms with Gasteiger partial charge in [-0.1, -0.05) is 32.8 Å². The van der Waals surface area contributed by atoms with Crippen molar-refractivity contribution < 1.29 is 14.3 Å². The van der Waals surface area contributed by atoms with Crippen molar-refractivity contribution in [3.8, 4) is 0 Å². The molecule has 0 aliphatic rings. The average Bonchev–Trinajstić information content (AvgIpc) is 2.37. The van der Waals surface area contributed by atoms with E-state index in [1.54, 1.807) is 4.90 Å². The number of ether oxygens (including phenoxy) is 1. The van der Waals surface area contributed by atoms with Crippen molar-refractivity contribution in [2.24, 2.45) is 0 Å². The smallest absolute Gasteiger partial charge is 0.307 e. The summed E-state index contributed by atoms with van der Waals surface area (Å²) >= 11 is 0. The fraction of sp³-hybridized carbons (Fsp3) is 0.733. The number of nitrogens with zero attached hydrogens (tertiary/aromatic N) is 1. The topological polar surface area (TPSA) is 46.6 Å². The molecule has 0 N–H and O–H groups in total. The first-order valence-electron chi connectivity index (χ1n) is 7.11. The second-order valence-electron chi connectivity index (χ2n) is 4.86. The van der Waals surface area contributed by atoms with E-state index in [0.29, 0.717) is 13.2 Å². The average molecular weight is 269 g/mol. The highest BCUT2D eigenvalue weighted by Crippen LogP contribution is 2.03. The summed E-state index contributed by atoms with van der Waals surface area (Å²) in [6, 6.07) is 0.0582. The molecule has 0 heterocycles. The predicted octanol–water partition coefficient (Wildman–Crippen LogP) is 2.92. The van der Waals surface area contributed by atoms with Crippen LogP contribution in [0.15, 0.2) is 12.7 Å². The summed E-state index contributed by atoms with van der Waals surface area (Å²) in [5.41, 5.74) is 0. The van der Waals surface area contributed by atoms with Crippen molar-refractivity contribution in [1.82, 2.24) is 4.90 Å². The summed E-state index contributed by atoms with van der Waals surface area (Å²) in [4.78, 5) is 24.7. The Hall–Kier alpha value is -1.32. The summed E-state index contributed by atoms with van der Waals surface area (Å²) in [7, 11) is 0. The van der Waals surface area contributed by atoms with Gasteiger partial charge in [0.1, 0.15) is 0 Å². The normalized spacial score (nSPS) is 10.3. The van der Waals surface area contributed by atoms with Gasteiger partial charge in [0.15, 0.2) is 0 Å². The van der Waals surface area contributed by atoms with Crippen LogP contribution in [0.4, 0.5) is 0 Å². The summed E-state index contributed by atoms with van der Waals surface area (Å²) < 4.78 is 5.13. The molecule has 0 fully saturated rings. The lowest BCUT2D eigenvalue weighted by Gasteiger charge is -2.24. The maximum Gasteiger partial charge on any atom is 0.307 e. The summed E-state index contributed by atoms with van der Waals surface area (Å²) in [6.07, 6.45) is 5.87. The molecule has 4 heteroatoms. The summed E-state index contributed by atoms with van der Waals surface area (Å²) in [5.74, 6) is -0.384. The van der Waals surface area contributed by atoms with E-state index in [1.807, 2.05) is 13.8 Å². The second-order valence-corrected chi connectivity index (χ2v) is 4.86. The highest BCUT2D eigenvalue weighted by molar-refractivity contribution is 5.87. The molecule has 0 unspecified atom stereocenters. The van der Waals surface area contributed by atoms with Crippen LogP contribution in [-0.2, 0) is 14.3 Å². The SMILES string of the molecule is C=CC(=O)N(CCC(=O)OCCCCCC)C(C)C. The van der Waals surface area contributed by atoms with E-state index < -0.39 is 0 Å². The van der Waals surface area contributed by atoms with Crippen LogP contribution >= 0.6 is 0 Å². The third-order valence-corrected chi connectivity index (χ3v) is 2.90. The molecule has 0 aliphatic carbocycles. The zero-order valence-electron chi connectivity index (χ0n) is 12.5. The number of carbonyl (C=O) groups excluding carboxylic acids is 2. The number of esters is 1. The van der Waals surface area contributed by atoms with Crippen molar-refractivity contribution >= 4 is 11.9 Å². The zero-order valence-corrected chi connectivity index (χ0v) is 12.5. The van der Waals surface area contributed by atoms with Gasteiger partial charge in [-0.25, -0.2) is 0 Å². The third-order valence-electron chi connectivity index (χ3n) is 2.90. The molecule has 0 spiro atoms. The standard InChI is InChI=1S/C15H27NO3/c1-5-7-8-9-12-19-15(18)10-11-16(13(3)4)14(17)6-2/h6,13H,2,5,7-12H2,1,3-4H3. The number of rotatable bonds is 10. The lowest BCUT2D eigenvalue weighted by atomic mass is 10.2. The molecule has 0 aromatic heterocycles. The Morgan fingerprint density at radius 3 is 2.47 bits per heavy atom. The van der Waals surface area contributed by atoms with Gasteiger partial charge in [-0.05, 0) is 26.3 Å². The van der Waals surface area contributed by atoms with Gasteiger partial charge in [-0.15, -0.1) is 0 Å².